The van der Waals surface area contributed by atoms with E-state index in [1.807, 2.05) is 31.2 Å². The third-order valence-electron chi connectivity index (χ3n) is 4.32. The number of nitrogens with zero attached hydrogens (tertiary/aromatic N) is 2. The van der Waals surface area contributed by atoms with E-state index in [9.17, 15) is 14.7 Å². The number of aliphatic hydroxyl groups is 1. The van der Waals surface area contributed by atoms with Gasteiger partial charge in [-0.1, -0.05) is 24.3 Å². The van der Waals surface area contributed by atoms with Crippen LogP contribution in [0.5, 0.6) is 5.75 Å². The Balaban J connectivity index is 1.75. The first-order valence-corrected chi connectivity index (χ1v) is 8.61. The van der Waals surface area contributed by atoms with Crippen LogP contribution in [0.2, 0.25) is 0 Å². The number of fused-ring (bicyclic) bond motifs is 1. The van der Waals surface area contributed by atoms with Crippen LogP contribution < -0.4 is 10.4 Å². The second-order valence-electron chi connectivity index (χ2n) is 6.17. The summed E-state index contributed by atoms with van der Waals surface area (Å²) in [6.07, 6.45) is -0.857. The lowest BCUT2D eigenvalue weighted by molar-refractivity contribution is 0.0923. The van der Waals surface area contributed by atoms with Gasteiger partial charge < -0.3 is 9.84 Å². The number of para-hydroxylation sites is 2. The van der Waals surface area contributed by atoms with Gasteiger partial charge in [-0.25, -0.2) is 4.79 Å². The molecule has 3 aromatic rings. The van der Waals surface area contributed by atoms with Gasteiger partial charge in [-0.3, -0.25) is 13.9 Å². The van der Waals surface area contributed by atoms with Gasteiger partial charge in [0.25, 0.3) is 0 Å². The van der Waals surface area contributed by atoms with E-state index in [0.717, 1.165) is 11.0 Å². The molecule has 1 atom stereocenters. The lowest BCUT2D eigenvalue weighted by Crippen LogP contribution is -2.31. The molecule has 0 aliphatic heterocycles. The Hall–Kier alpha value is -2.86. The number of hydrogen-bond donors (Lipinski definition) is 1. The maximum absolute atomic E-state index is 12.6. The normalized spacial score (nSPS) is 12.3. The highest BCUT2D eigenvalue weighted by Crippen LogP contribution is 2.15. The van der Waals surface area contributed by atoms with Gasteiger partial charge in [-0.2, -0.15) is 0 Å². The molecule has 1 aromatic heterocycles. The maximum atomic E-state index is 12.6. The van der Waals surface area contributed by atoms with E-state index in [4.69, 9.17) is 4.74 Å². The minimum atomic E-state index is -0.857. The Morgan fingerprint density at radius 3 is 2.46 bits per heavy atom. The Morgan fingerprint density at radius 1 is 1.12 bits per heavy atom. The van der Waals surface area contributed by atoms with Crippen LogP contribution in [0.3, 0.4) is 0 Å². The predicted molar refractivity (Wildman–Crippen MR) is 99.8 cm³/mol. The summed E-state index contributed by atoms with van der Waals surface area (Å²) >= 11 is 0. The SMILES string of the molecule is CCn1c(=O)n(C[C@H](O)COc2cccc(C(C)=O)c2)c2ccccc21. The van der Waals surface area contributed by atoms with Crippen LogP contribution in [-0.2, 0) is 13.1 Å². The first kappa shape index (κ1) is 17.9. The smallest absolute Gasteiger partial charge is 0.329 e. The molecule has 2 aromatic carbocycles. The summed E-state index contributed by atoms with van der Waals surface area (Å²) in [5.41, 5.74) is 2.05. The van der Waals surface area contributed by atoms with E-state index in [1.165, 1.54) is 6.92 Å². The number of rotatable bonds is 7. The van der Waals surface area contributed by atoms with Crippen LogP contribution in [0, 0.1) is 0 Å². The molecule has 26 heavy (non-hydrogen) atoms. The second-order valence-corrected chi connectivity index (χ2v) is 6.17. The molecule has 0 aliphatic carbocycles. The number of aromatic nitrogens is 2. The molecule has 6 heteroatoms. The summed E-state index contributed by atoms with van der Waals surface area (Å²) in [5.74, 6) is 0.468. The van der Waals surface area contributed by atoms with E-state index in [-0.39, 0.29) is 24.6 Å². The number of imidazole rings is 1. The number of ether oxygens (including phenoxy) is 1. The molecule has 0 bridgehead atoms. The molecule has 1 heterocycles. The van der Waals surface area contributed by atoms with Crippen LogP contribution in [0.1, 0.15) is 24.2 Å². The second kappa shape index (κ2) is 7.58. The third kappa shape index (κ3) is 3.55. The molecule has 136 valence electrons. The Kier molecular flexibility index (Phi) is 5.23. The average molecular weight is 354 g/mol. The van der Waals surface area contributed by atoms with Crippen molar-refractivity contribution in [1.29, 1.82) is 0 Å². The van der Waals surface area contributed by atoms with Crippen molar-refractivity contribution in [1.82, 2.24) is 9.13 Å². The molecule has 0 fully saturated rings. The largest absolute Gasteiger partial charge is 0.491 e. The van der Waals surface area contributed by atoms with Crippen molar-refractivity contribution in [2.24, 2.45) is 0 Å². The maximum Gasteiger partial charge on any atom is 0.329 e. The van der Waals surface area contributed by atoms with Crippen LogP contribution in [0.4, 0.5) is 0 Å². The predicted octanol–water partition coefficient (Wildman–Crippen LogP) is 2.47. The molecule has 6 nitrogen and oxygen atoms in total. The number of aliphatic hydroxyl groups excluding tert-OH is 1. The molecule has 1 N–H and O–H groups in total. The number of benzene rings is 2. The number of aryl methyl sites for hydroxylation is 1. The van der Waals surface area contributed by atoms with Crippen LogP contribution >= 0.6 is 0 Å². The summed E-state index contributed by atoms with van der Waals surface area (Å²) in [4.78, 5) is 24.0. The fourth-order valence-electron chi connectivity index (χ4n) is 3.02. The Morgan fingerprint density at radius 2 is 1.81 bits per heavy atom. The van der Waals surface area contributed by atoms with Crippen molar-refractivity contribution >= 4 is 16.8 Å². The third-order valence-corrected chi connectivity index (χ3v) is 4.32. The van der Waals surface area contributed by atoms with Crippen molar-refractivity contribution in [3.05, 3.63) is 64.6 Å². The molecule has 0 saturated heterocycles. The molecule has 0 radical (unpaired) electrons. The zero-order chi connectivity index (χ0) is 18.7. The van der Waals surface area contributed by atoms with Gasteiger partial charge in [0.2, 0.25) is 0 Å². The molecule has 0 spiro atoms. The van der Waals surface area contributed by atoms with E-state index < -0.39 is 6.10 Å². The van der Waals surface area contributed by atoms with E-state index >= 15 is 0 Å². The van der Waals surface area contributed by atoms with Gasteiger partial charge in [0.15, 0.2) is 5.78 Å². The van der Waals surface area contributed by atoms with Crippen LogP contribution in [0.15, 0.2) is 53.3 Å². The summed E-state index contributed by atoms with van der Waals surface area (Å²) < 4.78 is 8.84. The Labute approximate surface area is 151 Å². The lowest BCUT2D eigenvalue weighted by atomic mass is 10.1. The molecule has 0 saturated carbocycles. The first-order valence-electron chi connectivity index (χ1n) is 8.61. The number of carbonyl (C=O) groups is 1. The summed E-state index contributed by atoms with van der Waals surface area (Å²) in [6, 6.07) is 14.3. The molecule has 3 rings (SSSR count). The van der Waals surface area contributed by atoms with Gasteiger partial charge in [0, 0.05) is 12.1 Å². The van der Waals surface area contributed by atoms with E-state index in [0.29, 0.717) is 17.9 Å². The minimum absolute atomic E-state index is 0.0272. The van der Waals surface area contributed by atoms with E-state index in [2.05, 4.69) is 0 Å². The zero-order valence-electron chi connectivity index (χ0n) is 14.9. The lowest BCUT2D eigenvalue weighted by Gasteiger charge is -2.13. The van der Waals surface area contributed by atoms with Crippen LogP contribution in [0.25, 0.3) is 11.0 Å². The monoisotopic (exact) mass is 354 g/mol. The van der Waals surface area contributed by atoms with E-state index in [1.54, 1.807) is 33.4 Å². The highest BCUT2D eigenvalue weighted by atomic mass is 16.5. The molecule has 0 aliphatic rings. The highest BCUT2D eigenvalue weighted by molar-refractivity contribution is 5.94. The number of carbonyl (C=O) groups excluding carboxylic acids is 1. The van der Waals surface area contributed by atoms with Crippen molar-refractivity contribution < 1.29 is 14.6 Å². The van der Waals surface area contributed by atoms with Gasteiger partial charge in [-0.15, -0.1) is 0 Å². The van der Waals surface area contributed by atoms with Crippen molar-refractivity contribution in [3.8, 4) is 5.75 Å². The minimum Gasteiger partial charge on any atom is -0.491 e. The number of hydrogen-bond acceptors (Lipinski definition) is 4. The quantitative estimate of drug-likeness (QED) is 0.662. The van der Waals surface area contributed by atoms with Gasteiger partial charge in [0.1, 0.15) is 18.5 Å². The zero-order valence-corrected chi connectivity index (χ0v) is 14.9. The van der Waals surface area contributed by atoms with Crippen LogP contribution in [-0.4, -0.2) is 32.7 Å². The van der Waals surface area contributed by atoms with Gasteiger partial charge >= 0.3 is 5.69 Å². The molecular weight excluding hydrogens is 332 g/mol. The number of Topliss-reactive ketones (excluding diaryl/α,β-unsaturated/α-hetero) is 1. The Bertz CT molecular complexity index is 987. The van der Waals surface area contributed by atoms with Gasteiger partial charge in [-0.05, 0) is 38.1 Å². The summed E-state index contributed by atoms with van der Waals surface area (Å²) in [5, 5.41) is 10.3. The fraction of sp³-hybridized carbons (Fsp3) is 0.300. The highest BCUT2D eigenvalue weighted by Gasteiger charge is 2.15. The van der Waals surface area contributed by atoms with Gasteiger partial charge in [0.05, 0.1) is 17.6 Å². The topological polar surface area (TPSA) is 73.5 Å². The average Bonchev–Trinajstić information content (AvgIpc) is 2.91. The number of ketones is 1. The molecule has 0 unspecified atom stereocenters. The first-order chi connectivity index (χ1) is 12.5. The molecule has 0 amide bonds. The standard InChI is InChI=1S/C20H22N2O4/c1-3-21-18-9-4-5-10-19(18)22(20(21)25)12-16(24)13-26-17-8-6-7-15(11-17)14(2)23/h4-11,16,24H,3,12-13H2,1-2H3/t16-/m0/s1. The summed E-state index contributed by atoms with van der Waals surface area (Å²) in [7, 11) is 0. The summed E-state index contributed by atoms with van der Waals surface area (Å²) in [6.45, 7) is 4.14. The fourth-order valence-corrected chi connectivity index (χ4v) is 3.02. The van der Waals surface area contributed by atoms with Crippen molar-refractivity contribution in [3.63, 3.8) is 0 Å². The molecular formula is C20H22N2O4. The van der Waals surface area contributed by atoms with Crippen molar-refractivity contribution in [2.45, 2.75) is 33.0 Å². The van der Waals surface area contributed by atoms with Crippen molar-refractivity contribution in [2.75, 3.05) is 6.61 Å².